The van der Waals surface area contributed by atoms with Gasteiger partial charge in [0.2, 0.25) is 0 Å². The molecule has 3 rings (SSSR count). The fraction of sp³-hybridized carbons (Fsp3) is 0.722. The van der Waals surface area contributed by atoms with Crippen LogP contribution in [0.5, 0.6) is 0 Å². The summed E-state index contributed by atoms with van der Waals surface area (Å²) in [6, 6.07) is 0. The molecule has 0 aromatic carbocycles. The van der Waals surface area contributed by atoms with Crippen LogP contribution in [-0.2, 0) is 12.8 Å². The third kappa shape index (κ3) is 4.71. The van der Waals surface area contributed by atoms with Gasteiger partial charge in [-0.2, -0.15) is 0 Å². The van der Waals surface area contributed by atoms with Crippen LogP contribution in [0.4, 0.5) is 5.00 Å². The molecule has 0 atom stereocenters. The van der Waals surface area contributed by atoms with Crippen LogP contribution in [0.2, 0.25) is 0 Å². The number of carbonyl (C=O) groups is 1. The van der Waals surface area contributed by atoms with Crippen molar-refractivity contribution in [1.82, 2.24) is 0 Å². The Labute approximate surface area is 148 Å². The van der Waals surface area contributed by atoms with Gasteiger partial charge >= 0.3 is 5.97 Å². The zero-order chi connectivity index (χ0) is 17.7. The van der Waals surface area contributed by atoms with Crippen molar-refractivity contribution in [3.05, 3.63) is 16.0 Å². The van der Waals surface area contributed by atoms with Crippen LogP contribution < -0.4 is 11.2 Å². The molecule has 0 spiro atoms. The number of carboxylic acids is 1. The fourth-order valence-electron chi connectivity index (χ4n) is 3.65. The van der Waals surface area contributed by atoms with E-state index in [1.165, 1.54) is 43.4 Å². The number of fused-ring (bicyclic) bond motifs is 1. The third-order valence-corrected chi connectivity index (χ3v) is 6.34. The van der Waals surface area contributed by atoms with Gasteiger partial charge in [-0.1, -0.05) is 33.1 Å². The second kappa shape index (κ2) is 8.32. The van der Waals surface area contributed by atoms with E-state index < -0.39 is 5.97 Å². The van der Waals surface area contributed by atoms with E-state index in [1.807, 2.05) is 5.48 Å². The monoisotopic (exact) mass is 354 g/mol. The molecule has 0 bridgehead atoms. The van der Waals surface area contributed by atoms with E-state index in [-0.39, 0.29) is 11.0 Å². The van der Waals surface area contributed by atoms with Crippen molar-refractivity contribution in [1.29, 1.82) is 0 Å². The number of rotatable bonds is 3. The van der Waals surface area contributed by atoms with Crippen molar-refractivity contribution < 1.29 is 15.1 Å². The SMILES string of the molecule is CC1(C)CCc2sc(NO)c(C(=O)O)c2C1.NCC1CCCCC1. The van der Waals surface area contributed by atoms with Crippen LogP contribution in [0.3, 0.4) is 0 Å². The number of nitrogens with one attached hydrogen (secondary N) is 1. The lowest BCUT2D eigenvalue weighted by atomic mass is 9.76. The highest BCUT2D eigenvalue weighted by Crippen LogP contribution is 2.43. The maximum absolute atomic E-state index is 11.2. The van der Waals surface area contributed by atoms with Crippen molar-refractivity contribution >= 4 is 22.3 Å². The van der Waals surface area contributed by atoms with E-state index in [4.69, 9.17) is 16.0 Å². The zero-order valence-electron chi connectivity index (χ0n) is 14.7. The molecule has 0 amide bonds. The molecular weight excluding hydrogens is 324 g/mol. The Hall–Kier alpha value is -1.11. The molecule has 1 saturated carbocycles. The lowest BCUT2D eigenvalue weighted by Gasteiger charge is -2.29. The van der Waals surface area contributed by atoms with Gasteiger partial charge in [0.05, 0.1) is 5.56 Å². The quantitative estimate of drug-likeness (QED) is 0.607. The number of hydrogen-bond donors (Lipinski definition) is 4. The summed E-state index contributed by atoms with van der Waals surface area (Å²) in [5, 5.41) is 18.5. The molecule has 5 N–H and O–H groups in total. The van der Waals surface area contributed by atoms with Gasteiger partial charge in [-0.25, -0.2) is 4.79 Å². The first kappa shape index (κ1) is 19.2. The second-order valence-corrected chi connectivity index (χ2v) is 8.81. The van der Waals surface area contributed by atoms with E-state index >= 15 is 0 Å². The van der Waals surface area contributed by atoms with E-state index in [0.717, 1.165) is 42.2 Å². The molecule has 5 nitrogen and oxygen atoms in total. The van der Waals surface area contributed by atoms with E-state index in [9.17, 15) is 4.79 Å². The van der Waals surface area contributed by atoms with E-state index in [1.54, 1.807) is 0 Å². The van der Waals surface area contributed by atoms with Crippen molar-refractivity contribution in [2.24, 2.45) is 17.1 Å². The standard InChI is InChI=1S/C11H15NO3S.C7H15N/c1-11(2)4-3-7-6(5-11)8(10(13)14)9(12-15)16-7;8-6-7-4-2-1-3-5-7/h12,15H,3-5H2,1-2H3,(H,13,14);7H,1-6,8H2. The maximum atomic E-state index is 11.2. The number of aryl methyl sites for hydroxylation is 1. The number of nitrogens with two attached hydrogens (primary N) is 1. The van der Waals surface area contributed by atoms with Gasteiger partial charge in [0.1, 0.15) is 5.00 Å². The predicted octanol–water partition coefficient (Wildman–Crippen LogP) is 4.29. The minimum Gasteiger partial charge on any atom is -0.478 e. The molecule has 1 aromatic heterocycles. The van der Waals surface area contributed by atoms with Gasteiger partial charge in [-0.05, 0) is 55.5 Å². The Balaban J connectivity index is 0.000000219. The van der Waals surface area contributed by atoms with Crippen LogP contribution in [0.25, 0.3) is 0 Å². The Morgan fingerprint density at radius 3 is 2.50 bits per heavy atom. The number of hydrogen-bond acceptors (Lipinski definition) is 5. The highest BCUT2D eigenvalue weighted by molar-refractivity contribution is 7.16. The summed E-state index contributed by atoms with van der Waals surface area (Å²) in [5.74, 6) is -0.101. The molecular formula is C18H30N2O3S. The molecule has 1 heterocycles. The van der Waals surface area contributed by atoms with Crippen molar-refractivity contribution in [3.63, 3.8) is 0 Å². The van der Waals surface area contributed by atoms with Gasteiger partial charge in [-0.15, -0.1) is 11.3 Å². The molecule has 2 aliphatic carbocycles. The summed E-state index contributed by atoms with van der Waals surface area (Å²) >= 11 is 1.35. The average molecular weight is 355 g/mol. The molecule has 0 radical (unpaired) electrons. The average Bonchev–Trinajstić information content (AvgIpc) is 2.92. The van der Waals surface area contributed by atoms with E-state index in [2.05, 4.69) is 13.8 Å². The van der Waals surface area contributed by atoms with E-state index in [0.29, 0.717) is 5.00 Å². The molecule has 2 aliphatic rings. The first-order valence-corrected chi connectivity index (χ1v) is 9.67. The maximum Gasteiger partial charge on any atom is 0.339 e. The Bertz CT molecular complexity index is 563. The topological polar surface area (TPSA) is 95.6 Å². The lowest BCUT2D eigenvalue weighted by molar-refractivity contribution is 0.0695. The third-order valence-electron chi connectivity index (χ3n) is 5.15. The van der Waals surface area contributed by atoms with Gasteiger partial charge in [0.25, 0.3) is 0 Å². The molecule has 0 aliphatic heterocycles. The number of thiophene rings is 1. The summed E-state index contributed by atoms with van der Waals surface area (Å²) < 4.78 is 0. The minimum atomic E-state index is -0.966. The van der Waals surface area contributed by atoms with Gasteiger partial charge in [0, 0.05) is 4.88 Å². The molecule has 0 unspecified atom stereocenters. The summed E-state index contributed by atoms with van der Waals surface area (Å²) in [7, 11) is 0. The van der Waals surface area contributed by atoms with Crippen molar-refractivity contribution in [2.75, 3.05) is 12.0 Å². The molecule has 1 aromatic rings. The lowest BCUT2D eigenvalue weighted by Crippen LogP contribution is -2.22. The number of anilines is 1. The Morgan fingerprint density at radius 1 is 1.33 bits per heavy atom. The first-order chi connectivity index (χ1) is 11.4. The summed E-state index contributed by atoms with van der Waals surface area (Å²) in [6.07, 6.45) is 9.77. The number of carboxylic acid groups (broad SMARTS) is 1. The Morgan fingerprint density at radius 2 is 2.00 bits per heavy atom. The predicted molar refractivity (Wildman–Crippen MR) is 98.1 cm³/mol. The molecule has 0 saturated heterocycles. The fourth-order valence-corrected chi connectivity index (χ4v) is 4.75. The minimum absolute atomic E-state index is 0.144. The largest absolute Gasteiger partial charge is 0.478 e. The number of aromatic carboxylic acids is 1. The van der Waals surface area contributed by atoms with Crippen LogP contribution in [-0.4, -0.2) is 22.8 Å². The molecule has 136 valence electrons. The zero-order valence-corrected chi connectivity index (χ0v) is 15.5. The van der Waals surface area contributed by atoms with Crippen LogP contribution in [0.1, 0.15) is 73.2 Å². The van der Waals surface area contributed by atoms with Crippen LogP contribution >= 0.6 is 11.3 Å². The summed E-state index contributed by atoms with van der Waals surface area (Å²) in [4.78, 5) is 12.3. The molecule has 24 heavy (non-hydrogen) atoms. The highest BCUT2D eigenvalue weighted by Gasteiger charge is 2.32. The van der Waals surface area contributed by atoms with Crippen molar-refractivity contribution in [3.8, 4) is 0 Å². The smallest absolute Gasteiger partial charge is 0.339 e. The van der Waals surface area contributed by atoms with Crippen LogP contribution in [0, 0.1) is 11.3 Å². The summed E-state index contributed by atoms with van der Waals surface area (Å²) in [5.41, 5.74) is 8.79. The molecule has 6 heteroatoms. The normalized spacial score (nSPS) is 19.8. The first-order valence-electron chi connectivity index (χ1n) is 8.86. The van der Waals surface area contributed by atoms with Gasteiger partial charge in [-0.3, -0.25) is 10.7 Å². The van der Waals surface area contributed by atoms with Crippen LogP contribution in [0.15, 0.2) is 0 Å². The van der Waals surface area contributed by atoms with Gasteiger partial charge < -0.3 is 10.8 Å². The Kier molecular flexibility index (Phi) is 6.66. The second-order valence-electron chi connectivity index (χ2n) is 7.71. The highest BCUT2D eigenvalue weighted by atomic mass is 32.1. The van der Waals surface area contributed by atoms with Crippen molar-refractivity contribution in [2.45, 2.75) is 65.2 Å². The van der Waals surface area contributed by atoms with Gasteiger partial charge in [0.15, 0.2) is 0 Å². The molecule has 1 fully saturated rings. The summed E-state index contributed by atoms with van der Waals surface area (Å²) in [6.45, 7) is 5.20.